The third-order valence-corrected chi connectivity index (χ3v) is 4.14. The van der Waals surface area contributed by atoms with Crippen LogP contribution < -0.4 is 10.2 Å². The van der Waals surface area contributed by atoms with Gasteiger partial charge in [-0.3, -0.25) is 4.79 Å². The van der Waals surface area contributed by atoms with Crippen LogP contribution in [0, 0.1) is 0 Å². The van der Waals surface area contributed by atoms with Crippen LogP contribution in [0.5, 0.6) is 0 Å². The number of carbonyl (C=O) groups is 1. The summed E-state index contributed by atoms with van der Waals surface area (Å²) in [4.78, 5) is 14.4. The number of piperidine rings is 1. The maximum atomic E-state index is 12.0. The van der Waals surface area contributed by atoms with E-state index < -0.39 is 0 Å². The summed E-state index contributed by atoms with van der Waals surface area (Å²) >= 11 is 0. The largest absolute Gasteiger partial charge is 0.372 e. The highest BCUT2D eigenvalue weighted by Crippen LogP contribution is 2.21. The quantitative estimate of drug-likeness (QED) is 0.917. The van der Waals surface area contributed by atoms with Gasteiger partial charge in [0.1, 0.15) is 0 Å². The number of amides is 1. The molecule has 1 aromatic carbocycles. The number of anilines is 2. The average molecular weight is 297 g/mol. The number of hydrogen-bond donors (Lipinski definition) is 1. The molecule has 0 unspecified atom stereocenters. The highest BCUT2D eigenvalue weighted by atomic mass is 16.1. The van der Waals surface area contributed by atoms with Crippen molar-refractivity contribution in [3.63, 3.8) is 0 Å². The first kappa shape index (κ1) is 14.7. The summed E-state index contributed by atoms with van der Waals surface area (Å²) in [5.74, 6) is 0.0550. The normalized spacial score (nSPS) is 14.8. The maximum Gasteiger partial charge on any atom is 0.226 e. The van der Waals surface area contributed by atoms with E-state index in [0.717, 1.165) is 18.8 Å². The van der Waals surface area contributed by atoms with Gasteiger partial charge in [0.25, 0.3) is 0 Å². The molecule has 4 nitrogen and oxygen atoms in total. The Hall–Kier alpha value is -2.23. The van der Waals surface area contributed by atoms with E-state index in [2.05, 4.69) is 22.3 Å². The predicted molar refractivity (Wildman–Crippen MR) is 90.2 cm³/mol. The zero-order valence-corrected chi connectivity index (χ0v) is 12.9. The average Bonchev–Trinajstić information content (AvgIpc) is 3.08. The number of aromatic nitrogens is 1. The van der Waals surface area contributed by atoms with Crippen LogP contribution in [0.3, 0.4) is 0 Å². The molecule has 0 saturated carbocycles. The molecule has 1 saturated heterocycles. The first-order chi connectivity index (χ1) is 10.8. The molecule has 22 heavy (non-hydrogen) atoms. The predicted octanol–water partition coefficient (Wildman–Crippen LogP) is 3.51. The third-order valence-electron chi connectivity index (χ3n) is 4.14. The van der Waals surface area contributed by atoms with E-state index in [4.69, 9.17) is 0 Å². The Kier molecular flexibility index (Phi) is 4.78. The molecular formula is C18H23N3O. The topological polar surface area (TPSA) is 37.3 Å². The van der Waals surface area contributed by atoms with Crippen molar-refractivity contribution in [1.82, 2.24) is 4.57 Å². The van der Waals surface area contributed by atoms with Crippen molar-refractivity contribution in [3.8, 4) is 0 Å². The zero-order chi connectivity index (χ0) is 15.2. The molecule has 2 heterocycles. The second-order valence-corrected chi connectivity index (χ2v) is 5.81. The molecule has 4 heteroatoms. The molecule has 1 amide bonds. The summed E-state index contributed by atoms with van der Waals surface area (Å²) in [5, 5.41) is 2.96. The Bertz CT molecular complexity index is 583. The van der Waals surface area contributed by atoms with Gasteiger partial charge >= 0.3 is 0 Å². The standard InChI is InChI=1S/C18H23N3O/c22-18(10-15-20-11-4-5-12-20)19-16-6-8-17(9-7-16)21-13-2-1-3-14-21/h4-9,11-12H,1-3,10,13-15H2,(H,19,22). The molecule has 3 rings (SSSR count). The van der Waals surface area contributed by atoms with Crippen molar-refractivity contribution in [2.24, 2.45) is 0 Å². The molecule has 2 aromatic rings. The molecule has 1 N–H and O–H groups in total. The number of rotatable bonds is 5. The summed E-state index contributed by atoms with van der Waals surface area (Å²) in [5.41, 5.74) is 2.13. The first-order valence-corrected chi connectivity index (χ1v) is 8.07. The lowest BCUT2D eigenvalue weighted by atomic mass is 10.1. The maximum absolute atomic E-state index is 12.0. The molecule has 1 aliphatic rings. The monoisotopic (exact) mass is 297 g/mol. The number of benzene rings is 1. The van der Waals surface area contributed by atoms with E-state index in [-0.39, 0.29) is 5.91 Å². The molecule has 0 aliphatic carbocycles. The van der Waals surface area contributed by atoms with Gasteiger partial charge in [0.05, 0.1) is 0 Å². The van der Waals surface area contributed by atoms with Crippen LogP contribution in [0.2, 0.25) is 0 Å². The molecule has 0 bridgehead atoms. The third kappa shape index (κ3) is 3.91. The van der Waals surface area contributed by atoms with E-state index in [1.54, 1.807) is 0 Å². The lowest BCUT2D eigenvalue weighted by molar-refractivity contribution is -0.116. The molecule has 1 aliphatic heterocycles. The van der Waals surface area contributed by atoms with Gasteiger partial charge in [-0.2, -0.15) is 0 Å². The van der Waals surface area contributed by atoms with E-state index in [1.165, 1.54) is 24.9 Å². The summed E-state index contributed by atoms with van der Waals surface area (Å²) in [6, 6.07) is 12.1. The molecule has 0 radical (unpaired) electrons. The van der Waals surface area contributed by atoms with Crippen LogP contribution in [-0.2, 0) is 11.3 Å². The Morgan fingerprint density at radius 2 is 1.68 bits per heavy atom. The van der Waals surface area contributed by atoms with Gasteiger partial charge in [0, 0.05) is 49.8 Å². The minimum atomic E-state index is 0.0550. The number of nitrogens with zero attached hydrogens (tertiary/aromatic N) is 2. The lowest BCUT2D eigenvalue weighted by Crippen LogP contribution is -2.29. The molecule has 1 aromatic heterocycles. The fourth-order valence-electron chi connectivity index (χ4n) is 2.88. The summed E-state index contributed by atoms with van der Waals surface area (Å²) in [6.07, 6.45) is 8.33. The van der Waals surface area contributed by atoms with E-state index in [1.807, 2.05) is 41.2 Å². The van der Waals surface area contributed by atoms with Crippen LogP contribution in [0.1, 0.15) is 25.7 Å². The van der Waals surface area contributed by atoms with Gasteiger partial charge in [-0.1, -0.05) is 0 Å². The second kappa shape index (κ2) is 7.16. The Morgan fingerprint density at radius 1 is 1.00 bits per heavy atom. The minimum Gasteiger partial charge on any atom is -0.372 e. The number of aryl methyl sites for hydroxylation is 1. The van der Waals surface area contributed by atoms with Gasteiger partial charge < -0.3 is 14.8 Å². The van der Waals surface area contributed by atoms with E-state index in [9.17, 15) is 4.79 Å². The molecule has 116 valence electrons. The van der Waals surface area contributed by atoms with E-state index >= 15 is 0 Å². The van der Waals surface area contributed by atoms with Crippen LogP contribution in [0.4, 0.5) is 11.4 Å². The van der Waals surface area contributed by atoms with Crippen LogP contribution in [0.15, 0.2) is 48.8 Å². The molecule has 0 atom stereocenters. The zero-order valence-electron chi connectivity index (χ0n) is 12.9. The number of hydrogen-bond acceptors (Lipinski definition) is 2. The number of carbonyl (C=O) groups excluding carboxylic acids is 1. The second-order valence-electron chi connectivity index (χ2n) is 5.81. The van der Waals surface area contributed by atoms with Gasteiger partial charge in [-0.05, 0) is 55.7 Å². The molecule has 0 spiro atoms. The van der Waals surface area contributed by atoms with Gasteiger partial charge in [0.2, 0.25) is 5.91 Å². The van der Waals surface area contributed by atoms with Crippen molar-refractivity contribution in [1.29, 1.82) is 0 Å². The van der Waals surface area contributed by atoms with Crippen LogP contribution in [0.25, 0.3) is 0 Å². The van der Waals surface area contributed by atoms with Crippen LogP contribution in [-0.4, -0.2) is 23.6 Å². The highest BCUT2D eigenvalue weighted by Gasteiger charge is 2.10. The molecule has 1 fully saturated rings. The smallest absolute Gasteiger partial charge is 0.226 e. The van der Waals surface area contributed by atoms with Crippen LogP contribution >= 0.6 is 0 Å². The van der Waals surface area contributed by atoms with E-state index in [0.29, 0.717) is 13.0 Å². The Morgan fingerprint density at radius 3 is 2.36 bits per heavy atom. The SMILES string of the molecule is O=C(CCn1cccc1)Nc1ccc(N2CCCCC2)cc1. The Balaban J connectivity index is 1.50. The molecular weight excluding hydrogens is 274 g/mol. The van der Waals surface area contributed by atoms with Crippen molar-refractivity contribution < 1.29 is 4.79 Å². The highest BCUT2D eigenvalue weighted by molar-refractivity contribution is 5.90. The van der Waals surface area contributed by atoms with Gasteiger partial charge in [0.15, 0.2) is 0 Å². The number of nitrogens with one attached hydrogen (secondary N) is 1. The fourth-order valence-corrected chi connectivity index (χ4v) is 2.88. The summed E-state index contributed by atoms with van der Waals surface area (Å²) in [6.45, 7) is 3.00. The summed E-state index contributed by atoms with van der Waals surface area (Å²) < 4.78 is 2.01. The fraction of sp³-hybridized carbons (Fsp3) is 0.389. The first-order valence-electron chi connectivity index (χ1n) is 8.07. The van der Waals surface area contributed by atoms with Crippen molar-refractivity contribution in [3.05, 3.63) is 48.8 Å². The van der Waals surface area contributed by atoms with Crippen molar-refractivity contribution in [2.75, 3.05) is 23.3 Å². The lowest BCUT2D eigenvalue weighted by Gasteiger charge is -2.28. The van der Waals surface area contributed by atoms with Crippen molar-refractivity contribution in [2.45, 2.75) is 32.2 Å². The van der Waals surface area contributed by atoms with Gasteiger partial charge in [-0.25, -0.2) is 0 Å². The minimum absolute atomic E-state index is 0.0550. The van der Waals surface area contributed by atoms with Crippen molar-refractivity contribution >= 4 is 17.3 Å². The van der Waals surface area contributed by atoms with Gasteiger partial charge in [-0.15, -0.1) is 0 Å². The summed E-state index contributed by atoms with van der Waals surface area (Å²) in [7, 11) is 0. The Labute approximate surface area is 131 Å².